The van der Waals surface area contributed by atoms with E-state index in [0.717, 1.165) is 29.8 Å². The first kappa shape index (κ1) is 12.2. The lowest BCUT2D eigenvalue weighted by Gasteiger charge is -2.18. The van der Waals surface area contributed by atoms with Crippen molar-refractivity contribution in [1.82, 2.24) is 19.6 Å². The average Bonchev–Trinajstić information content (AvgIpc) is 2.94. The summed E-state index contributed by atoms with van der Waals surface area (Å²) in [7, 11) is 0. The van der Waals surface area contributed by atoms with Gasteiger partial charge in [-0.2, -0.15) is 14.6 Å². The van der Waals surface area contributed by atoms with Crippen LogP contribution in [0.2, 0.25) is 0 Å². The van der Waals surface area contributed by atoms with Crippen molar-refractivity contribution in [2.45, 2.75) is 26.2 Å². The van der Waals surface area contributed by atoms with Gasteiger partial charge in [0.15, 0.2) is 5.78 Å². The Morgan fingerprint density at radius 1 is 1.14 bits per heavy atom. The summed E-state index contributed by atoms with van der Waals surface area (Å²) >= 11 is 0. The lowest BCUT2D eigenvalue weighted by molar-refractivity contribution is 0.0972. The molecule has 0 radical (unpaired) electrons. The summed E-state index contributed by atoms with van der Waals surface area (Å²) in [4.78, 5) is 21.1. The zero-order chi connectivity index (χ0) is 14.4. The van der Waals surface area contributed by atoms with Gasteiger partial charge in [0.05, 0.1) is 17.0 Å². The van der Waals surface area contributed by atoms with Gasteiger partial charge in [-0.3, -0.25) is 4.79 Å². The minimum Gasteiger partial charge on any atom is -0.294 e. The molecule has 0 unspecified atom stereocenters. The van der Waals surface area contributed by atoms with Crippen molar-refractivity contribution < 1.29 is 4.79 Å². The quantitative estimate of drug-likeness (QED) is 0.686. The summed E-state index contributed by atoms with van der Waals surface area (Å²) in [6.45, 7) is 2.04. The number of nitrogens with zero attached hydrogens (tertiary/aromatic N) is 4. The van der Waals surface area contributed by atoms with E-state index in [1.54, 1.807) is 4.52 Å². The molecule has 0 atom stereocenters. The van der Waals surface area contributed by atoms with Crippen molar-refractivity contribution in [3.63, 3.8) is 0 Å². The fourth-order valence-electron chi connectivity index (χ4n) is 2.88. The maximum Gasteiger partial charge on any atom is 0.252 e. The van der Waals surface area contributed by atoms with Crippen LogP contribution in [0.25, 0.3) is 17.0 Å². The van der Waals surface area contributed by atoms with Gasteiger partial charge in [-0.1, -0.05) is 29.8 Å². The van der Waals surface area contributed by atoms with Crippen LogP contribution >= 0.6 is 0 Å². The number of carbonyl (C=O) groups is 1. The number of benzene rings is 1. The first-order valence-corrected chi connectivity index (χ1v) is 7.07. The van der Waals surface area contributed by atoms with Gasteiger partial charge in [-0.05, 0) is 19.8 Å². The smallest absolute Gasteiger partial charge is 0.252 e. The van der Waals surface area contributed by atoms with Gasteiger partial charge in [0.2, 0.25) is 0 Å². The van der Waals surface area contributed by atoms with Gasteiger partial charge in [-0.15, -0.1) is 0 Å². The molecule has 0 amide bonds. The van der Waals surface area contributed by atoms with Crippen LogP contribution in [0.15, 0.2) is 30.6 Å². The zero-order valence-corrected chi connectivity index (χ0v) is 11.7. The number of fused-ring (bicyclic) bond motifs is 2. The van der Waals surface area contributed by atoms with Gasteiger partial charge < -0.3 is 0 Å². The molecule has 5 heteroatoms. The minimum absolute atomic E-state index is 0.150. The first-order chi connectivity index (χ1) is 10.2. The Bertz CT molecular complexity index is 849. The van der Waals surface area contributed by atoms with E-state index in [9.17, 15) is 4.79 Å². The van der Waals surface area contributed by atoms with Crippen molar-refractivity contribution in [3.05, 3.63) is 47.4 Å². The molecule has 1 aliphatic rings. The summed E-state index contributed by atoms with van der Waals surface area (Å²) in [5.74, 6) is 0.704. The normalized spacial score (nSPS) is 14.4. The van der Waals surface area contributed by atoms with E-state index in [1.807, 2.05) is 31.2 Å². The summed E-state index contributed by atoms with van der Waals surface area (Å²) < 4.78 is 1.67. The van der Waals surface area contributed by atoms with Crippen LogP contribution in [0.5, 0.6) is 0 Å². The Morgan fingerprint density at radius 2 is 1.95 bits per heavy atom. The van der Waals surface area contributed by atoms with Crippen molar-refractivity contribution in [1.29, 1.82) is 0 Å². The monoisotopic (exact) mass is 278 g/mol. The molecular formula is C16H14N4O. The van der Waals surface area contributed by atoms with E-state index in [0.29, 0.717) is 17.8 Å². The number of rotatable bonds is 1. The molecule has 1 aromatic carbocycles. The molecule has 104 valence electrons. The van der Waals surface area contributed by atoms with Crippen LogP contribution < -0.4 is 0 Å². The Balaban J connectivity index is 2.09. The summed E-state index contributed by atoms with van der Waals surface area (Å²) in [6.07, 6.45) is 3.74. The second kappa shape index (κ2) is 4.48. The standard InChI is InChI=1S/C16H14N4O/c1-10-5-7-11(8-6-10)15-14-12(3-2-4-13(14)21)19-16-17-9-18-20(15)16/h5-9H,2-4H2,1H3. The molecule has 4 rings (SSSR count). The van der Waals surface area contributed by atoms with Gasteiger partial charge in [-0.25, -0.2) is 4.98 Å². The van der Waals surface area contributed by atoms with E-state index in [1.165, 1.54) is 11.9 Å². The van der Waals surface area contributed by atoms with E-state index in [2.05, 4.69) is 15.1 Å². The highest BCUT2D eigenvalue weighted by Crippen LogP contribution is 2.30. The van der Waals surface area contributed by atoms with Gasteiger partial charge in [0.25, 0.3) is 5.78 Å². The Morgan fingerprint density at radius 3 is 2.76 bits per heavy atom. The molecular weight excluding hydrogens is 264 g/mol. The first-order valence-electron chi connectivity index (χ1n) is 7.07. The molecule has 0 saturated carbocycles. The van der Waals surface area contributed by atoms with E-state index in [4.69, 9.17) is 0 Å². The molecule has 0 N–H and O–H groups in total. The predicted octanol–water partition coefficient (Wildman–Crippen LogP) is 2.62. The second-order valence-corrected chi connectivity index (χ2v) is 5.40. The molecule has 0 fully saturated rings. The highest BCUT2D eigenvalue weighted by Gasteiger charge is 2.26. The zero-order valence-electron chi connectivity index (χ0n) is 11.7. The summed E-state index contributed by atoms with van der Waals surface area (Å²) in [5.41, 5.74) is 4.54. The SMILES string of the molecule is Cc1ccc(-c2c3c(nc4ncnn24)CCCC3=O)cc1. The van der Waals surface area contributed by atoms with Gasteiger partial charge in [0, 0.05) is 12.0 Å². The highest BCUT2D eigenvalue weighted by atomic mass is 16.1. The number of aryl methyl sites for hydroxylation is 2. The molecule has 2 aromatic heterocycles. The van der Waals surface area contributed by atoms with E-state index in [-0.39, 0.29) is 5.78 Å². The Labute approximate surface area is 121 Å². The summed E-state index contributed by atoms with van der Waals surface area (Å²) in [6, 6.07) is 8.12. The molecule has 0 aliphatic heterocycles. The van der Waals surface area contributed by atoms with Crippen molar-refractivity contribution in [2.75, 3.05) is 0 Å². The largest absolute Gasteiger partial charge is 0.294 e. The van der Waals surface area contributed by atoms with Crippen LogP contribution in [0.3, 0.4) is 0 Å². The molecule has 2 heterocycles. The second-order valence-electron chi connectivity index (χ2n) is 5.40. The van der Waals surface area contributed by atoms with Gasteiger partial charge in [0.1, 0.15) is 6.33 Å². The maximum absolute atomic E-state index is 12.4. The number of ketones is 1. The molecule has 5 nitrogen and oxygen atoms in total. The Hall–Kier alpha value is -2.56. The minimum atomic E-state index is 0.150. The average molecular weight is 278 g/mol. The number of Topliss-reactive ketones (excluding diaryl/α,β-unsaturated/α-hetero) is 1. The number of aromatic nitrogens is 4. The van der Waals surface area contributed by atoms with Crippen molar-refractivity contribution in [3.8, 4) is 11.3 Å². The third kappa shape index (κ3) is 1.85. The number of hydrogen-bond acceptors (Lipinski definition) is 4. The third-order valence-corrected chi connectivity index (χ3v) is 3.92. The van der Waals surface area contributed by atoms with Crippen molar-refractivity contribution in [2.24, 2.45) is 0 Å². The highest BCUT2D eigenvalue weighted by molar-refractivity contribution is 6.03. The van der Waals surface area contributed by atoms with Crippen molar-refractivity contribution >= 4 is 11.6 Å². The molecule has 0 spiro atoms. The lowest BCUT2D eigenvalue weighted by atomic mass is 9.91. The summed E-state index contributed by atoms with van der Waals surface area (Å²) in [5, 5.41) is 4.25. The van der Waals surface area contributed by atoms with Crippen LogP contribution in [-0.2, 0) is 6.42 Å². The van der Waals surface area contributed by atoms with Crippen LogP contribution in [0.4, 0.5) is 0 Å². The maximum atomic E-state index is 12.4. The van der Waals surface area contributed by atoms with Crippen LogP contribution in [-0.4, -0.2) is 25.4 Å². The van der Waals surface area contributed by atoms with Gasteiger partial charge >= 0.3 is 0 Å². The topological polar surface area (TPSA) is 60.1 Å². The van der Waals surface area contributed by atoms with E-state index >= 15 is 0 Å². The van der Waals surface area contributed by atoms with E-state index < -0.39 is 0 Å². The lowest BCUT2D eigenvalue weighted by Crippen LogP contribution is -2.17. The molecule has 21 heavy (non-hydrogen) atoms. The third-order valence-electron chi connectivity index (χ3n) is 3.92. The number of hydrogen-bond donors (Lipinski definition) is 0. The fourth-order valence-corrected chi connectivity index (χ4v) is 2.88. The predicted molar refractivity (Wildman–Crippen MR) is 78.2 cm³/mol. The Kier molecular flexibility index (Phi) is 2.60. The van der Waals surface area contributed by atoms with Crippen LogP contribution in [0.1, 0.15) is 34.5 Å². The fraction of sp³-hybridized carbons (Fsp3) is 0.250. The van der Waals surface area contributed by atoms with Crippen LogP contribution in [0, 0.1) is 6.92 Å². The molecule has 0 bridgehead atoms. The number of carbonyl (C=O) groups excluding carboxylic acids is 1. The molecule has 3 aromatic rings. The molecule has 1 aliphatic carbocycles. The molecule has 0 saturated heterocycles.